The van der Waals surface area contributed by atoms with Crippen LogP contribution in [0.1, 0.15) is 12.5 Å². The Morgan fingerprint density at radius 1 is 0.735 bits per heavy atom. The van der Waals surface area contributed by atoms with Crippen LogP contribution < -0.4 is 20.2 Å². The van der Waals surface area contributed by atoms with Gasteiger partial charge in [-0.15, -0.1) is 0 Å². The molecular weight excluding hydrogens is 465 g/mol. The summed E-state index contributed by atoms with van der Waals surface area (Å²) in [5.74, 6) is 0.123. The second-order valence-electron chi connectivity index (χ2n) is 7.90. The fourth-order valence-electron chi connectivity index (χ4n) is 4.13. The fraction of sp³-hybridized carbons (Fsp3) is 0.0370. The molecule has 4 aromatic carbocycles. The topological polar surface area (TPSA) is 50.7 Å². The zero-order valence-electron chi connectivity index (χ0n) is 18.5. The second-order valence-corrected chi connectivity index (χ2v) is 13.0. The van der Waals surface area contributed by atoms with Gasteiger partial charge in [-0.2, -0.15) is 4.52 Å². The van der Waals surface area contributed by atoms with E-state index < -0.39 is 14.7 Å². The van der Waals surface area contributed by atoms with Crippen LogP contribution in [-0.4, -0.2) is 0 Å². The molecular formula is C27H23FN2O2P2. The van der Waals surface area contributed by atoms with Crippen LogP contribution in [0.4, 0.5) is 4.39 Å². The number of rotatable bonds is 5. The molecule has 0 saturated heterocycles. The molecule has 0 amide bonds. The van der Waals surface area contributed by atoms with Gasteiger partial charge in [-0.1, -0.05) is 78.9 Å². The average molecular weight is 488 g/mol. The van der Waals surface area contributed by atoms with E-state index >= 15 is 0 Å². The van der Waals surface area contributed by atoms with Crippen LogP contribution in [0.3, 0.4) is 0 Å². The van der Waals surface area contributed by atoms with Crippen molar-refractivity contribution in [2.24, 2.45) is 4.52 Å². The number of nitrogens with zero attached hydrogens (tertiary/aromatic N) is 1. The van der Waals surface area contributed by atoms with E-state index in [1.54, 1.807) is 24.3 Å². The molecule has 0 saturated carbocycles. The van der Waals surface area contributed by atoms with Gasteiger partial charge in [0.05, 0.1) is 12.8 Å². The molecule has 1 unspecified atom stereocenters. The van der Waals surface area contributed by atoms with E-state index in [2.05, 4.69) is 5.09 Å². The summed E-state index contributed by atoms with van der Waals surface area (Å²) in [5.41, 5.74) is 1.37. The molecule has 0 aromatic heterocycles. The Balaban J connectivity index is 1.83. The number of benzene rings is 4. The molecule has 0 fully saturated rings. The highest BCUT2D eigenvalue weighted by Crippen LogP contribution is 2.68. The quantitative estimate of drug-likeness (QED) is 0.304. The lowest BCUT2D eigenvalue weighted by Gasteiger charge is -2.35. The van der Waals surface area contributed by atoms with Crippen molar-refractivity contribution in [1.29, 1.82) is 0 Å². The molecule has 4 aromatic rings. The van der Waals surface area contributed by atoms with Gasteiger partial charge in [-0.25, -0.2) is 8.96 Å². The third kappa shape index (κ3) is 4.14. The van der Waals surface area contributed by atoms with E-state index in [-0.39, 0.29) is 5.82 Å². The van der Waals surface area contributed by atoms with Crippen LogP contribution in [0.25, 0.3) is 5.70 Å². The predicted molar refractivity (Wildman–Crippen MR) is 138 cm³/mol. The molecule has 7 heteroatoms. The van der Waals surface area contributed by atoms with Crippen LogP contribution in [-0.2, 0) is 4.57 Å². The van der Waals surface area contributed by atoms with E-state index in [9.17, 15) is 8.96 Å². The average Bonchev–Trinajstić information content (AvgIpc) is 2.87. The van der Waals surface area contributed by atoms with Gasteiger partial charge in [-0.3, -0.25) is 5.09 Å². The van der Waals surface area contributed by atoms with Crippen molar-refractivity contribution < 1.29 is 13.5 Å². The summed E-state index contributed by atoms with van der Waals surface area (Å²) in [6.45, 7) is 2.01. The number of para-hydroxylation sites is 1. The maximum absolute atomic E-state index is 14.4. The van der Waals surface area contributed by atoms with Gasteiger partial charge in [0.1, 0.15) is 11.6 Å². The smallest absolute Gasteiger partial charge is 0.413 e. The lowest BCUT2D eigenvalue weighted by Crippen LogP contribution is -2.25. The zero-order valence-corrected chi connectivity index (χ0v) is 20.3. The summed E-state index contributed by atoms with van der Waals surface area (Å²) >= 11 is 0. The predicted octanol–water partition coefficient (Wildman–Crippen LogP) is 7.16. The van der Waals surface area contributed by atoms with Crippen LogP contribution >= 0.6 is 14.7 Å². The van der Waals surface area contributed by atoms with Gasteiger partial charge < -0.3 is 4.52 Å². The molecule has 0 spiro atoms. The summed E-state index contributed by atoms with van der Waals surface area (Å²) in [6, 6.07) is 35.0. The van der Waals surface area contributed by atoms with Gasteiger partial charge in [0, 0.05) is 10.6 Å². The third-order valence-corrected chi connectivity index (χ3v) is 12.0. The SMILES string of the molecule is CC1=C(c2ccc(F)cc2)NP(=O)(Oc2ccccc2)N=P1(c1ccccc1)c1ccccc1. The van der Waals surface area contributed by atoms with Crippen LogP contribution in [0, 0.1) is 5.82 Å². The molecule has 1 atom stereocenters. The van der Waals surface area contributed by atoms with Crippen LogP contribution in [0.15, 0.2) is 125 Å². The number of halogens is 1. The Kier molecular flexibility index (Phi) is 6.00. The Hall–Kier alpha value is -3.39. The molecule has 1 aliphatic heterocycles. The fourth-order valence-corrected chi connectivity index (χ4v) is 11.1. The molecule has 0 bridgehead atoms. The van der Waals surface area contributed by atoms with Crippen molar-refractivity contribution in [3.63, 3.8) is 0 Å². The van der Waals surface area contributed by atoms with Gasteiger partial charge in [0.2, 0.25) is 0 Å². The molecule has 34 heavy (non-hydrogen) atoms. The van der Waals surface area contributed by atoms with Crippen molar-refractivity contribution in [2.75, 3.05) is 0 Å². The largest absolute Gasteiger partial charge is 0.464 e. The van der Waals surface area contributed by atoms with Crippen LogP contribution in [0.2, 0.25) is 0 Å². The molecule has 0 radical (unpaired) electrons. The third-order valence-electron chi connectivity index (χ3n) is 5.72. The van der Waals surface area contributed by atoms with Crippen molar-refractivity contribution in [3.8, 4) is 5.75 Å². The highest BCUT2D eigenvalue weighted by molar-refractivity contribution is 7.88. The van der Waals surface area contributed by atoms with Gasteiger partial charge >= 0.3 is 7.67 Å². The summed E-state index contributed by atoms with van der Waals surface area (Å²) in [6.07, 6.45) is 0. The Morgan fingerprint density at radius 3 is 1.76 bits per heavy atom. The summed E-state index contributed by atoms with van der Waals surface area (Å²) < 4.78 is 39.2. The maximum Gasteiger partial charge on any atom is 0.464 e. The lowest BCUT2D eigenvalue weighted by molar-refractivity contribution is 0.477. The van der Waals surface area contributed by atoms with E-state index in [0.717, 1.165) is 21.5 Å². The van der Waals surface area contributed by atoms with E-state index in [1.165, 1.54) is 12.1 Å². The zero-order chi connectivity index (χ0) is 23.6. The van der Waals surface area contributed by atoms with Crippen LogP contribution in [0.5, 0.6) is 5.75 Å². The summed E-state index contributed by atoms with van der Waals surface area (Å²) in [5, 5.41) is 5.99. The minimum absolute atomic E-state index is 0.335. The van der Waals surface area contributed by atoms with Crippen molar-refractivity contribution in [2.45, 2.75) is 6.92 Å². The Bertz CT molecular complexity index is 1400. The van der Waals surface area contributed by atoms with Gasteiger partial charge in [-0.05, 0) is 54.2 Å². The van der Waals surface area contributed by atoms with Crippen molar-refractivity contribution in [1.82, 2.24) is 5.09 Å². The number of hydrogen-bond donors (Lipinski definition) is 1. The number of hydrogen-bond acceptors (Lipinski definition) is 2. The number of allylic oxidation sites excluding steroid dienone is 1. The second kappa shape index (κ2) is 9.10. The first-order chi connectivity index (χ1) is 16.5. The molecule has 1 aliphatic rings. The first kappa shape index (κ1) is 22.4. The molecule has 1 N–H and O–H groups in total. The highest BCUT2D eigenvalue weighted by Gasteiger charge is 2.41. The van der Waals surface area contributed by atoms with Gasteiger partial charge in [0.25, 0.3) is 0 Å². The molecule has 1 heterocycles. The standard InChI is InChI=1S/C27H23FN2O2P2/c1-21-27(22-17-19-23(28)20-18-22)29-34(31,32-24-11-5-2-6-12-24)30-33(21,25-13-7-3-8-14-25)26-15-9-4-10-16-26/h2-20H,1H3,(H,29,31). The molecule has 5 rings (SSSR count). The minimum atomic E-state index is -3.79. The molecule has 4 nitrogen and oxygen atoms in total. The Morgan fingerprint density at radius 2 is 1.24 bits per heavy atom. The van der Waals surface area contributed by atoms with Crippen molar-refractivity contribution in [3.05, 3.63) is 132 Å². The summed E-state index contributed by atoms with van der Waals surface area (Å²) in [4.78, 5) is 0. The first-order valence-corrected chi connectivity index (χ1v) is 14.2. The lowest BCUT2D eigenvalue weighted by atomic mass is 10.1. The maximum atomic E-state index is 14.4. The first-order valence-electron chi connectivity index (χ1n) is 10.9. The Labute approximate surface area is 198 Å². The van der Waals surface area contributed by atoms with E-state index in [0.29, 0.717) is 11.4 Å². The minimum Gasteiger partial charge on any atom is -0.413 e. The van der Waals surface area contributed by atoms with E-state index in [4.69, 9.17) is 9.04 Å². The molecule has 170 valence electrons. The highest BCUT2D eigenvalue weighted by atomic mass is 31.2. The van der Waals surface area contributed by atoms with Crippen molar-refractivity contribution >= 4 is 31.0 Å². The molecule has 0 aliphatic carbocycles. The number of nitrogens with one attached hydrogen (secondary N) is 1. The monoisotopic (exact) mass is 488 g/mol. The van der Waals surface area contributed by atoms with Gasteiger partial charge in [0.15, 0.2) is 0 Å². The van der Waals surface area contributed by atoms with E-state index in [1.807, 2.05) is 85.8 Å². The summed E-state index contributed by atoms with van der Waals surface area (Å²) in [7, 11) is -6.50. The normalized spacial score (nSPS) is 19.1.